The molecule has 0 aromatic heterocycles. The van der Waals surface area contributed by atoms with Crippen LogP contribution in [0.1, 0.15) is 42.5 Å². The number of aryl methyl sites for hydroxylation is 1. The Morgan fingerprint density at radius 3 is 2.41 bits per heavy atom. The minimum Gasteiger partial charge on any atom is -0.507 e. The Morgan fingerprint density at radius 1 is 1.05 bits per heavy atom. The minimum atomic E-state index is -0.702. The fraction of sp³-hybridized carbons (Fsp3) is 0.448. The standard InChI is InChI=1S/C29H36N2O6/c1-4-5-16-37-22-8-6-21(7-9-22)26-25(27(32)24-11-10-23(35-3)19-20(24)2)28(33)29(34)31(26)13-12-30-14-17-36-18-15-30/h6-11,19,26,32H,4-5,12-18H2,1-3H3/b27-25+. The molecule has 1 amide bonds. The van der Waals surface area contributed by atoms with E-state index in [1.807, 2.05) is 31.2 Å². The van der Waals surface area contributed by atoms with Crippen LogP contribution in [0.3, 0.4) is 0 Å². The fourth-order valence-electron chi connectivity index (χ4n) is 4.79. The summed E-state index contributed by atoms with van der Waals surface area (Å²) in [6.45, 7) is 8.42. The summed E-state index contributed by atoms with van der Waals surface area (Å²) in [5.74, 6) is -0.0819. The largest absolute Gasteiger partial charge is 0.507 e. The molecule has 0 radical (unpaired) electrons. The summed E-state index contributed by atoms with van der Waals surface area (Å²) in [4.78, 5) is 30.4. The smallest absolute Gasteiger partial charge is 0.295 e. The number of carbonyl (C=O) groups excluding carboxylic acids is 2. The average Bonchev–Trinajstić information content (AvgIpc) is 3.17. The lowest BCUT2D eigenvalue weighted by atomic mass is 9.94. The second-order valence-electron chi connectivity index (χ2n) is 9.40. The summed E-state index contributed by atoms with van der Waals surface area (Å²) in [6, 6.07) is 12.0. The van der Waals surface area contributed by atoms with Crippen LogP contribution in [0.5, 0.6) is 11.5 Å². The molecule has 0 spiro atoms. The van der Waals surface area contributed by atoms with Crippen molar-refractivity contribution in [2.75, 3.05) is 53.1 Å². The maximum atomic E-state index is 13.3. The molecule has 1 atom stereocenters. The molecular weight excluding hydrogens is 472 g/mol. The van der Waals surface area contributed by atoms with E-state index in [1.165, 1.54) is 0 Å². The van der Waals surface area contributed by atoms with E-state index < -0.39 is 17.7 Å². The number of hydrogen-bond acceptors (Lipinski definition) is 7. The molecule has 0 aliphatic carbocycles. The summed E-state index contributed by atoms with van der Waals surface area (Å²) >= 11 is 0. The number of amides is 1. The number of morpholine rings is 1. The van der Waals surface area contributed by atoms with Crippen LogP contribution in [-0.4, -0.2) is 79.7 Å². The highest BCUT2D eigenvalue weighted by Gasteiger charge is 2.46. The molecular formula is C29H36N2O6. The van der Waals surface area contributed by atoms with Gasteiger partial charge in [-0.1, -0.05) is 25.5 Å². The van der Waals surface area contributed by atoms with Gasteiger partial charge in [0.1, 0.15) is 17.3 Å². The number of benzene rings is 2. The zero-order valence-corrected chi connectivity index (χ0v) is 21.9. The van der Waals surface area contributed by atoms with E-state index in [2.05, 4.69) is 11.8 Å². The summed E-state index contributed by atoms with van der Waals surface area (Å²) in [5.41, 5.74) is 2.09. The third kappa shape index (κ3) is 5.97. The van der Waals surface area contributed by atoms with Crippen LogP contribution in [0.4, 0.5) is 0 Å². The maximum absolute atomic E-state index is 13.3. The van der Waals surface area contributed by atoms with Crippen molar-refractivity contribution in [3.63, 3.8) is 0 Å². The van der Waals surface area contributed by atoms with Gasteiger partial charge < -0.3 is 24.2 Å². The summed E-state index contributed by atoms with van der Waals surface area (Å²) in [5, 5.41) is 11.4. The lowest BCUT2D eigenvalue weighted by Gasteiger charge is -2.31. The Morgan fingerprint density at radius 2 is 1.76 bits per heavy atom. The van der Waals surface area contributed by atoms with Crippen LogP contribution >= 0.6 is 0 Å². The quantitative estimate of drug-likeness (QED) is 0.225. The van der Waals surface area contributed by atoms with E-state index in [0.717, 1.165) is 42.8 Å². The van der Waals surface area contributed by atoms with E-state index in [0.29, 0.717) is 44.2 Å². The van der Waals surface area contributed by atoms with Gasteiger partial charge in [0.05, 0.1) is 38.5 Å². The van der Waals surface area contributed by atoms with Gasteiger partial charge in [-0.15, -0.1) is 0 Å². The molecule has 8 nitrogen and oxygen atoms in total. The van der Waals surface area contributed by atoms with Gasteiger partial charge >= 0.3 is 0 Å². The first-order valence-electron chi connectivity index (χ1n) is 12.9. The molecule has 2 saturated heterocycles. The van der Waals surface area contributed by atoms with Crippen molar-refractivity contribution in [2.24, 2.45) is 0 Å². The molecule has 0 bridgehead atoms. The second kappa shape index (κ2) is 12.3. The lowest BCUT2D eigenvalue weighted by Crippen LogP contribution is -2.42. The Labute approximate surface area is 218 Å². The number of methoxy groups -OCH3 is 1. The van der Waals surface area contributed by atoms with E-state index in [-0.39, 0.29) is 11.3 Å². The molecule has 8 heteroatoms. The van der Waals surface area contributed by atoms with Crippen LogP contribution in [0.25, 0.3) is 5.76 Å². The van der Waals surface area contributed by atoms with Crippen molar-refractivity contribution in [1.82, 2.24) is 9.80 Å². The zero-order valence-electron chi connectivity index (χ0n) is 21.9. The van der Waals surface area contributed by atoms with Gasteiger partial charge in [0.25, 0.3) is 11.7 Å². The summed E-state index contributed by atoms with van der Waals surface area (Å²) in [6.07, 6.45) is 2.01. The van der Waals surface area contributed by atoms with Gasteiger partial charge in [0, 0.05) is 31.7 Å². The Hall–Kier alpha value is -3.36. The number of likely N-dealkylation sites (tertiary alicyclic amines) is 1. The Kier molecular flexibility index (Phi) is 8.84. The molecule has 37 heavy (non-hydrogen) atoms. The molecule has 0 saturated carbocycles. The molecule has 2 aliphatic heterocycles. The molecule has 2 fully saturated rings. The third-order valence-electron chi connectivity index (χ3n) is 6.95. The van der Waals surface area contributed by atoms with Crippen LogP contribution < -0.4 is 9.47 Å². The molecule has 2 aromatic carbocycles. The fourth-order valence-corrected chi connectivity index (χ4v) is 4.79. The van der Waals surface area contributed by atoms with E-state index in [1.54, 1.807) is 30.2 Å². The minimum absolute atomic E-state index is 0.0971. The maximum Gasteiger partial charge on any atom is 0.295 e. The summed E-state index contributed by atoms with van der Waals surface area (Å²) in [7, 11) is 1.57. The number of rotatable bonds is 10. The van der Waals surface area contributed by atoms with Crippen molar-refractivity contribution in [3.8, 4) is 11.5 Å². The van der Waals surface area contributed by atoms with E-state index >= 15 is 0 Å². The average molecular weight is 509 g/mol. The number of ketones is 1. The first-order valence-corrected chi connectivity index (χ1v) is 12.9. The monoisotopic (exact) mass is 508 g/mol. The van der Waals surface area contributed by atoms with Gasteiger partial charge in [0.15, 0.2) is 0 Å². The number of carbonyl (C=O) groups is 2. The topological polar surface area (TPSA) is 88.5 Å². The number of hydrogen-bond donors (Lipinski definition) is 1. The molecule has 2 heterocycles. The predicted octanol–water partition coefficient (Wildman–Crippen LogP) is 3.94. The van der Waals surface area contributed by atoms with Gasteiger partial charge in [-0.2, -0.15) is 0 Å². The Balaban J connectivity index is 1.70. The van der Waals surface area contributed by atoms with Crippen LogP contribution in [0.2, 0.25) is 0 Å². The van der Waals surface area contributed by atoms with Crippen molar-refractivity contribution in [1.29, 1.82) is 0 Å². The molecule has 4 rings (SSSR count). The molecule has 1 unspecified atom stereocenters. The van der Waals surface area contributed by atoms with Crippen molar-refractivity contribution in [3.05, 3.63) is 64.7 Å². The van der Waals surface area contributed by atoms with Gasteiger partial charge in [0.2, 0.25) is 0 Å². The normalized spacial score (nSPS) is 19.9. The molecule has 1 N–H and O–H groups in total. The number of ether oxygens (including phenoxy) is 3. The van der Waals surface area contributed by atoms with Crippen LogP contribution in [-0.2, 0) is 14.3 Å². The first kappa shape index (κ1) is 26.7. The predicted molar refractivity (Wildman–Crippen MR) is 141 cm³/mol. The van der Waals surface area contributed by atoms with Crippen LogP contribution in [0, 0.1) is 6.92 Å². The highest BCUT2D eigenvalue weighted by molar-refractivity contribution is 6.46. The highest BCUT2D eigenvalue weighted by Crippen LogP contribution is 2.40. The highest BCUT2D eigenvalue weighted by atomic mass is 16.5. The molecule has 2 aliphatic rings. The zero-order chi connectivity index (χ0) is 26.4. The van der Waals surface area contributed by atoms with E-state index in [4.69, 9.17) is 14.2 Å². The van der Waals surface area contributed by atoms with Crippen LogP contribution in [0.15, 0.2) is 48.0 Å². The number of nitrogens with zero attached hydrogens (tertiary/aromatic N) is 2. The first-order chi connectivity index (χ1) is 17.9. The van der Waals surface area contributed by atoms with Crippen molar-refractivity contribution >= 4 is 17.4 Å². The van der Waals surface area contributed by atoms with E-state index in [9.17, 15) is 14.7 Å². The number of aliphatic hydroxyl groups excluding tert-OH is 1. The Bertz CT molecular complexity index is 1140. The summed E-state index contributed by atoms with van der Waals surface area (Å²) < 4.78 is 16.5. The van der Waals surface area contributed by atoms with Crippen molar-refractivity contribution in [2.45, 2.75) is 32.7 Å². The number of aliphatic hydroxyl groups is 1. The van der Waals surface area contributed by atoms with Gasteiger partial charge in [-0.3, -0.25) is 14.5 Å². The van der Waals surface area contributed by atoms with Crippen molar-refractivity contribution < 1.29 is 28.9 Å². The SMILES string of the molecule is CCCCOc1ccc(C2/C(=C(\O)c3ccc(OC)cc3C)C(=O)C(=O)N2CCN2CCOCC2)cc1. The number of unbranched alkanes of at least 4 members (excludes halogenated alkanes) is 1. The lowest BCUT2D eigenvalue weighted by molar-refractivity contribution is -0.140. The number of Topliss-reactive ketones (excluding diaryl/α,β-unsaturated/α-hetero) is 1. The second-order valence-corrected chi connectivity index (χ2v) is 9.40. The van der Waals surface area contributed by atoms with Gasteiger partial charge in [-0.05, 0) is 54.8 Å². The van der Waals surface area contributed by atoms with Gasteiger partial charge in [-0.25, -0.2) is 0 Å². The molecule has 2 aromatic rings. The third-order valence-corrected chi connectivity index (χ3v) is 6.95. The molecule has 198 valence electrons.